The molecule has 0 aromatic rings. The van der Waals surface area contributed by atoms with Crippen molar-refractivity contribution in [1.82, 2.24) is 10.2 Å². The topological polar surface area (TPSA) is 58.6 Å². The van der Waals surface area contributed by atoms with Gasteiger partial charge in [0.2, 0.25) is 0 Å². The van der Waals surface area contributed by atoms with Gasteiger partial charge in [0.05, 0.1) is 6.54 Å². The van der Waals surface area contributed by atoms with Crippen LogP contribution < -0.4 is 5.32 Å². The molecule has 0 aromatic carbocycles. The Morgan fingerprint density at radius 1 is 1.42 bits per heavy atom. The van der Waals surface area contributed by atoms with Crippen LogP contribution in [0.25, 0.3) is 0 Å². The second-order valence-electron chi connectivity index (χ2n) is 4.30. The van der Waals surface area contributed by atoms with Gasteiger partial charge in [0.25, 0.3) is 11.1 Å². The van der Waals surface area contributed by atoms with E-state index in [2.05, 4.69) is 0 Å². The fraction of sp³-hybridized carbons (Fsp3) is 0.700. The number of hydrogen-bond acceptors (Lipinski definition) is 4. The Kier molecular flexibility index (Phi) is 4.72. The molecule has 9 heteroatoms. The maximum absolute atomic E-state index is 12.2. The van der Waals surface area contributed by atoms with E-state index in [1.54, 1.807) is 5.32 Å². The Balaban J connectivity index is 2.81. The van der Waals surface area contributed by atoms with Crippen LogP contribution in [0, 0.1) is 5.92 Å². The predicted octanol–water partition coefficient (Wildman–Crippen LogP) is 0.833. The second kappa shape index (κ2) is 5.72. The van der Waals surface area contributed by atoms with Crippen LogP contribution in [-0.2, 0) is 14.3 Å². The molecule has 1 fully saturated rings. The van der Waals surface area contributed by atoms with Crippen molar-refractivity contribution in [3.05, 3.63) is 0 Å². The highest BCUT2D eigenvalue weighted by atomic mass is 32.1. The van der Waals surface area contributed by atoms with E-state index in [0.29, 0.717) is 0 Å². The molecule has 1 N–H and O–H groups in total. The summed E-state index contributed by atoms with van der Waals surface area (Å²) in [7, 11) is 0. The molecular weight excluding hydrogens is 285 g/mol. The largest absolute Gasteiger partial charge is 0.471 e. The zero-order valence-electron chi connectivity index (χ0n) is 10.3. The minimum atomic E-state index is -5.03. The average Bonchev–Trinajstić information content (AvgIpc) is 2.69. The maximum Gasteiger partial charge on any atom is 0.471 e. The molecule has 108 valence electrons. The van der Waals surface area contributed by atoms with Crippen molar-refractivity contribution in [3.63, 3.8) is 0 Å². The third kappa shape index (κ3) is 3.79. The Morgan fingerprint density at radius 2 is 2.00 bits per heavy atom. The van der Waals surface area contributed by atoms with Crippen molar-refractivity contribution in [3.8, 4) is 0 Å². The van der Waals surface area contributed by atoms with Crippen molar-refractivity contribution in [2.24, 2.45) is 5.92 Å². The Bertz CT molecular complexity index is 398. The Hall–Kier alpha value is -1.38. The van der Waals surface area contributed by atoms with Gasteiger partial charge >= 0.3 is 12.1 Å². The second-order valence-corrected chi connectivity index (χ2v) is 4.65. The normalized spacial score (nSPS) is 17.4. The zero-order chi connectivity index (χ0) is 14.8. The summed E-state index contributed by atoms with van der Waals surface area (Å²) in [5.74, 6) is -3.36. The molecule has 0 saturated carbocycles. The minimum absolute atomic E-state index is 0.0862. The van der Waals surface area contributed by atoms with Gasteiger partial charge in [-0.3, -0.25) is 14.5 Å². The first-order valence-corrected chi connectivity index (χ1v) is 5.91. The molecular formula is C10H13F3N2O3S. The van der Waals surface area contributed by atoms with Gasteiger partial charge in [0.1, 0.15) is 12.6 Å². The van der Waals surface area contributed by atoms with Gasteiger partial charge in [-0.2, -0.15) is 13.2 Å². The van der Waals surface area contributed by atoms with Crippen LogP contribution in [0.3, 0.4) is 0 Å². The third-order valence-electron chi connectivity index (χ3n) is 2.50. The first-order valence-electron chi connectivity index (χ1n) is 5.50. The molecule has 1 aliphatic heterocycles. The van der Waals surface area contributed by atoms with Gasteiger partial charge in [-0.1, -0.05) is 13.8 Å². The van der Waals surface area contributed by atoms with Crippen molar-refractivity contribution < 1.29 is 27.5 Å². The summed E-state index contributed by atoms with van der Waals surface area (Å²) in [5, 5.41) is 1.60. The van der Waals surface area contributed by atoms with Gasteiger partial charge in [-0.15, -0.1) is 0 Å². The number of thiocarbonyl (C=S) groups is 1. The minimum Gasteiger partial charge on any atom is -0.469 e. The number of ether oxygens (including phenoxy) is 1. The summed E-state index contributed by atoms with van der Waals surface area (Å²) in [5.41, 5.74) is 0. The Morgan fingerprint density at radius 3 is 2.37 bits per heavy atom. The van der Waals surface area contributed by atoms with Crippen LogP contribution in [0.15, 0.2) is 0 Å². The molecule has 0 radical (unpaired) electrons. The lowest BCUT2D eigenvalue weighted by Crippen LogP contribution is -2.54. The zero-order valence-corrected chi connectivity index (χ0v) is 11.1. The number of nitrogens with one attached hydrogen (secondary N) is 1. The molecule has 1 saturated heterocycles. The monoisotopic (exact) mass is 298 g/mol. The molecule has 19 heavy (non-hydrogen) atoms. The van der Waals surface area contributed by atoms with Gasteiger partial charge in [-0.25, -0.2) is 0 Å². The van der Waals surface area contributed by atoms with Crippen molar-refractivity contribution in [2.45, 2.75) is 26.1 Å². The summed E-state index contributed by atoms with van der Waals surface area (Å²) in [6.07, 6.45) is -5.03. The fourth-order valence-electron chi connectivity index (χ4n) is 1.50. The SMILES string of the molecule is CC(C)[C@@H](NC(=O)C(F)(F)F)C(=O)N1CCOC1=S. The van der Waals surface area contributed by atoms with E-state index in [9.17, 15) is 22.8 Å². The molecule has 1 atom stereocenters. The fourth-order valence-corrected chi connectivity index (χ4v) is 1.76. The summed E-state index contributed by atoms with van der Waals surface area (Å²) in [6, 6.07) is -1.30. The number of hydrogen-bond donors (Lipinski definition) is 1. The summed E-state index contributed by atoms with van der Waals surface area (Å²) in [6.45, 7) is 3.42. The molecule has 5 nitrogen and oxygen atoms in total. The van der Waals surface area contributed by atoms with E-state index in [-0.39, 0.29) is 18.3 Å². The number of amides is 2. The first kappa shape index (κ1) is 15.7. The lowest BCUT2D eigenvalue weighted by Gasteiger charge is -2.25. The number of alkyl halides is 3. The van der Waals surface area contributed by atoms with Gasteiger partial charge < -0.3 is 10.1 Å². The van der Waals surface area contributed by atoms with Gasteiger partial charge in [0, 0.05) is 0 Å². The number of nitrogens with zero attached hydrogens (tertiary/aromatic N) is 1. The van der Waals surface area contributed by atoms with Crippen molar-refractivity contribution in [2.75, 3.05) is 13.2 Å². The Labute approximate surface area is 113 Å². The molecule has 2 amide bonds. The highest BCUT2D eigenvalue weighted by Crippen LogP contribution is 2.17. The molecule has 0 spiro atoms. The summed E-state index contributed by atoms with van der Waals surface area (Å²) >= 11 is 4.76. The summed E-state index contributed by atoms with van der Waals surface area (Å²) in [4.78, 5) is 24.0. The van der Waals surface area contributed by atoms with E-state index in [1.807, 2.05) is 0 Å². The smallest absolute Gasteiger partial charge is 0.469 e. The number of carbonyl (C=O) groups excluding carboxylic acids is 2. The molecule has 0 unspecified atom stereocenters. The number of carbonyl (C=O) groups is 2. The van der Waals surface area contributed by atoms with Crippen LogP contribution in [0.1, 0.15) is 13.8 Å². The standard InChI is InChI=1S/C10H13F3N2O3S/c1-5(2)6(14-8(17)10(11,12)13)7(16)15-3-4-18-9(15)19/h5-6H,3-4H2,1-2H3,(H,14,17)/t6-/m1/s1. The van der Waals surface area contributed by atoms with Crippen molar-refractivity contribution in [1.29, 1.82) is 0 Å². The maximum atomic E-state index is 12.2. The van der Waals surface area contributed by atoms with E-state index >= 15 is 0 Å². The molecule has 1 rings (SSSR count). The highest BCUT2D eigenvalue weighted by Gasteiger charge is 2.42. The first-order chi connectivity index (χ1) is 8.64. The third-order valence-corrected chi connectivity index (χ3v) is 2.84. The molecule has 1 aliphatic rings. The van der Waals surface area contributed by atoms with Crippen LogP contribution in [-0.4, -0.2) is 47.3 Å². The number of rotatable bonds is 3. The predicted molar refractivity (Wildman–Crippen MR) is 63.1 cm³/mol. The van der Waals surface area contributed by atoms with Crippen molar-refractivity contribution >= 4 is 29.2 Å². The van der Waals surface area contributed by atoms with E-state index in [4.69, 9.17) is 17.0 Å². The molecule has 1 heterocycles. The van der Waals surface area contributed by atoms with E-state index < -0.39 is 30.0 Å². The molecule has 0 bridgehead atoms. The van der Waals surface area contributed by atoms with Gasteiger partial charge in [-0.05, 0) is 18.1 Å². The molecule has 0 aliphatic carbocycles. The van der Waals surface area contributed by atoms with E-state index in [1.165, 1.54) is 13.8 Å². The lowest BCUT2D eigenvalue weighted by atomic mass is 10.0. The van der Waals surface area contributed by atoms with Crippen LogP contribution in [0.4, 0.5) is 13.2 Å². The lowest BCUT2D eigenvalue weighted by molar-refractivity contribution is -0.175. The van der Waals surface area contributed by atoms with E-state index in [0.717, 1.165) is 4.90 Å². The quantitative estimate of drug-likeness (QED) is 0.784. The highest BCUT2D eigenvalue weighted by molar-refractivity contribution is 7.80. The van der Waals surface area contributed by atoms with Gasteiger partial charge in [0.15, 0.2) is 0 Å². The van der Waals surface area contributed by atoms with Crippen LogP contribution in [0.5, 0.6) is 0 Å². The molecule has 0 aromatic heterocycles. The van der Waals surface area contributed by atoms with Crippen LogP contribution in [0.2, 0.25) is 0 Å². The number of halogens is 3. The van der Waals surface area contributed by atoms with Crippen LogP contribution >= 0.6 is 12.2 Å². The average molecular weight is 298 g/mol. The summed E-state index contributed by atoms with van der Waals surface area (Å²) < 4.78 is 41.5.